The zero-order valence-corrected chi connectivity index (χ0v) is 19.9. The van der Waals surface area contributed by atoms with E-state index in [-0.39, 0.29) is 18.8 Å². The van der Waals surface area contributed by atoms with E-state index in [4.69, 9.17) is 19.3 Å². The van der Waals surface area contributed by atoms with Gasteiger partial charge in [-0.05, 0) is 81.6 Å². The number of hydrogen-bond acceptors (Lipinski definition) is 6. The number of benzene rings is 2. The van der Waals surface area contributed by atoms with Gasteiger partial charge in [-0.1, -0.05) is 0 Å². The first-order chi connectivity index (χ1) is 15.3. The molecular weight excluding hydrogens is 426 g/mol. The van der Waals surface area contributed by atoms with Crippen molar-refractivity contribution in [3.63, 3.8) is 0 Å². The van der Waals surface area contributed by atoms with Gasteiger partial charge in [0.15, 0.2) is 0 Å². The van der Waals surface area contributed by atoms with Gasteiger partial charge < -0.3 is 19.5 Å². The Labute approximate surface area is 193 Å². The molecule has 0 fully saturated rings. The number of ether oxygens (including phenoxy) is 3. The van der Waals surface area contributed by atoms with E-state index in [9.17, 15) is 4.79 Å². The number of rotatable bonds is 8. The van der Waals surface area contributed by atoms with Crippen molar-refractivity contribution in [2.24, 2.45) is 0 Å². The molecule has 0 unspecified atom stereocenters. The Kier molecular flexibility index (Phi) is 7.69. The summed E-state index contributed by atoms with van der Waals surface area (Å²) in [4.78, 5) is 11.7. The third kappa shape index (κ3) is 6.43. The second-order valence-electron chi connectivity index (χ2n) is 8.07. The van der Waals surface area contributed by atoms with Crippen molar-refractivity contribution in [2.75, 3.05) is 26.6 Å². The summed E-state index contributed by atoms with van der Waals surface area (Å²) in [6.45, 7) is 6.14. The minimum absolute atomic E-state index is 0.172. The van der Waals surface area contributed by atoms with Crippen LogP contribution in [-0.4, -0.2) is 48.0 Å². The van der Waals surface area contributed by atoms with Gasteiger partial charge in [0, 0.05) is 11.1 Å². The summed E-state index contributed by atoms with van der Waals surface area (Å²) in [5.74, 6) is 1.50. The highest BCUT2D eigenvalue weighted by Gasteiger charge is 2.14. The molecule has 0 saturated carbocycles. The van der Waals surface area contributed by atoms with Crippen molar-refractivity contribution in [3.05, 3.63) is 54.6 Å². The number of thioether (sulfide) groups is 1. The molecule has 32 heavy (non-hydrogen) atoms. The highest BCUT2D eigenvalue weighted by Crippen LogP contribution is 2.29. The van der Waals surface area contributed by atoms with E-state index in [1.165, 1.54) is 0 Å². The van der Waals surface area contributed by atoms with Gasteiger partial charge >= 0.3 is 6.09 Å². The van der Waals surface area contributed by atoms with Crippen molar-refractivity contribution >= 4 is 17.9 Å². The van der Waals surface area contributed by atoms with Crippen LogP contribution in [0, 0.1) is 0 Å². The first-order valence-electron chi connectivity index (χ1n) is 10.3. The summed E-state index contributed by atoms with van der Waals surface area (Å²) >= 11 is 1.60. The topological polar surface area (TPSA) is 74.6 Å². The molecule has 1 amide bonds. The lowest BCUT2D eigenvalue weighted by molar-refractivity contribution is 0.118. The monoisotopic (exact) mass is 455 g/mol. The van der Waals surface area contributed by atoms with Crippen LogP contribution < -0.4 is 14.8 Å². The molecule has 170 valence electrons. The Morgan fingerprint density at radius 1 is 1.03 bits per heavy atom. The normalized spacial score (nSPS) is 11.2. The number of carbonyl (C=O) groups is 1. The average molecular weight is 456 g/mol. The van der Waals surface area contributed by atoms with Crippen LogP contribution in [0.5, 0.6) is 11.5 Å². The van der Waals surface area contributed by atoms with Crippen LogP contribution in [-0.2, 0) is 4.74 Å². The SMILES string of the molecule is COc1ccc(-n2nc(SC)cc2-c2ccc(OCCOC(=O)NC(C)(C)C)cc2)cc1. The predicted molar refractivity (Wildman–Crippen MR) is 127 cm³/mol. The summed E-state index contributed by atoms with van der Waals surface area (Å²) in [6.07, 6.45) is 1.55. The second kappa shape index (κ2) is 10.5. The minimum atomic E-state index is -0.451. The fourth-order valence-electron chi connectivity index (χ4n) is 2.94. The van der Waals surface area contributed by atoms with Crippen molar-refractivity contribution in [1.29, 1.82) is 0 Å². The maximum atomic E-state index is 11.7. The molecule has 0 radical (unpaired) electrons. The van der Waals surface area contributed by atoms with Gasteiger partial charge in [0.2, 0.25) is 0 Å². The van der Waals surface area contributed by atoms with Gasteiger partial charge in [-0.3, -0.25) is 0 Å². The summed E-state index contributed by atoms with van der Waals surface area (Å²) in [6, 6.07) is 17.6. The molecule has 1 aromatic heterocycles. The van der Waals surface area contributed by atoms with Gasteiger partial charge in [-0.15, -0.1) is 11.8 Å². The van der Waals surface area contributed by atoms with Crippen LogP contribution in [0.25, 0.3) is 16.9 Å². The van der Waals surface area contributed by atoms with Gasteiger partial charge in [-0.25, -0.2) is 9.48 Å². The average Bonchev–Trinajstić information content (AvgIpc) is 3.20. The molecule has 0 spiro atoms. The molecule has 7 nitrogen and oxygen atoms in total. The lowest BCUT2D eigenvalue weighted by atomic mass is 10.1. The van der Waals surface area contributed by atoms with Crippen LogP contribution in [0.15, 0.2) is 59.6 Å². The van der Waals surface area contributed by atoms with Crippen LogP contribution in [0.2, 0.25) is 0 Å². The summed E-state index contributed by atoms with van der Waals surface area (Å²) in [5.41, 5.74) is 2.62. The Balaban J connectivity index is 1.65. The minimum Gasteiger partial charge on any atom is -0.497 e. The molecule has 0 aliphatic heterocycles. The van der Waals surface area contributed by atoms with Gasteiger partial charge in [0.05, 0.1) is 18.5 Å². The number of nitrogens with zero attached hydrogens (tertiary/aromatic N) is 2. The molecule has 3 rings (SSSR count). The number of alkyl carbamates (subject to hydrolysis) is 1. The molecule has 0 bridgehead atoms. The van der Waals surface area contributed by atoms with Crippen LogP contribution in [0.3, 0.4) is 0 Å². The van der Waals surface area contributed by atoms with Gasteiger partial charge in [0.1, 0.15) is 29.7 Å². The molecule has 0 aliphatic rings. The fraction of sp³-hybridized carbons (Fsp3) is 0.333. The molecule has 1 heterocycles. The highest BCUT2D eigenvalue weighted by atomic mass is 32.2. The van der Waals surface area contributed by atoms with E-state index in [1.807, 2.05) is 80.2 Å². The van der Waals surface area contributed by atoms with Crippen LogP contribution in [0.1, 0.15) is 20.8 Å². The zero-order chi connectivity index (χ0) is 23.1. The first-order valence-corrected chi connectivity index (χ1v) is 11.5. The summed E-state index contributed by atoms with van der Waals surface area (Å²) in [5, 5.41) is 8.38. The highest BCUT2D eigenvalue weighted by molar-refractivity contribution is 7.98. The molecule has 8 heteroatoms. The maximum Gasteiger partial charge on any atom is 0.407 e. The second-order valence-corrected chi connectivity index (χ2v) is 8.89. The number of amides is 1. The molecule has 2 aromatic carbocycles. The van der Waals surface area contributed by atoms with E-state index in [0.717, 1.165) is 27.7 Å². The summed E-state index contributed by atoms with van der Waals surface area (Å²) in [7, 11) is 1.65. The Bertz CT molecular complexity index is 1020. The van der Waals surface area contributed by atoms with E-state index >= 15 is 0 Å². The predicted octanol–water partition coefficient (Wildman–Crippen LogP) is 5.17. The zero-order valence-electron chi connectivity index (χ0n) is 19.0. The number of nitrogens with one attached hydrogen (secondary N) is 1. The van der Waals surface area contributed by atoms with Crippen molar-refractivity contribution < 1.29 is 19.0 Å². The van der Waals surface area contributed by atoms with E-state index in [1.54, 1.807) is 18.9 Å². The van der Waals surface area contributed by atoms with Gasteiger partial charge in [0.25, 0.3) is 0 Å². The fourth-order valence-corrected chi connectivity index (χ4v) is 3.34. The van der Waals surface area contributed by atoms with Crippen molar-refractivity contribution in [3.8, 4) is 28.4 Å². The molecule has 0 aliphatic carbocycles. The molecule has 3 aromatic rings. The van der Waals surface area contributed by atoms with Crippen molar-refractivity contribution in [2.45, 2.75) is 31.3 Å². The van der Waals surface area contributed by atoms with E-state index in [0.29, 0.717) is 5.75 Å². The third-order valence-corrected chi connectivity index (χ3v) is 5.04. The molecule has 0 atom stereocenters. The Morgan fingerprint density at radius 2 is 1.69 bits per heavy atom. The lowest BCUT2D eigenvalue weighted by Gasteiger charge is -2.19. The largest absolute Gasteiger partial charge is 0.497 e. The van der Waals surface area contributed by atoms with E-state index < -0.39 is 6.09 Å². The molecular formula is C24H29N3O4S. The van der Waals surface area contributed by atoms with Crippen LogP contribution in [0.4, 0.5) is 4.79 Å². The number of aromatic nitrogens is 2. The molecule has 0 saturated heterocycles. The van der Waals surface area contributed by atoms with Crippen LogP contribution >= 0.6 is 11.8 Å². The third-order valence-electron chi connectivity index (χ3n) is 4.43. The Morgan fingerprint density at radius 3 is 2.28 bits per heavy atom. The maximum absolute atomic E-state index is 11.7. The molecule has 1 N–H and O–H groups in total. The smallest absolute Gasteiger partial charge is 0.407 e. The number of carbonyl (C=O) groups excluding carboxylic acids is 1. The standard InChI is InChI=1S/C24H29N3O4S/c1-24(2,3)25-23(28)31-15-14-30-20-10-6-17(7-11-20)21-16-22(32-5)26-27(21)18-8-12-19(29-4)13-9-18/h6-13,16H,14-15H2,1-5H3,(H,25,28). The number of methoxy groups -OCH3 is 1. The quantitative estimate of drug-likeness (QED) is 0.373. The van der Waals surface area contributed by atoms with Gasteiger partial charge in [-0.2, -0.15) is 5.10 Å². The lowest BCUT2D eigenvalue weighted by Crippen LogP contribution is -2.41. The first kappa shape index (κ1) is 23.5. The van der Waals surface area contributed by atoms with E-state index in [2.05, 4.69) is 11.4 Å². The van der Waals surface area contributed by atoms with Crippen molar-refractivity contribution in [1.82, 2.24) is 15.1 Å². The summed E-state index contributed by atoms with van der Waals surface area (Å²) < 4.78 is 18.0. The number of hydrogen-bond donors (Lipinski definition) is 1. The Hall–Kier alpha value is -3.13.